The van der Waals surface area contributed by atoms with Crippen molar-refractivity contribution in [1.29, 1.82) is 0 Å². The lowest BCUT2D eigenvalue weighted by atomic mass is 10.2. The molecule has 0 fully saturated rings. The van der Waals surface area contributed by atoms with Crippen LogP contribution in [0.25, 0.3) is 0 Å². The van der Waals surface area contributed by atoms with Crippen molar-refractivity contribution in [2.45, 2.75) is 17.9 Å². The second-order valence-electron chi connectivity index (χ2n) is 6.44. The zero-order valence-corrected chi connectivity index (χ0v) is 18.0. The van der Waals surface area contributed by atoms with Crippen molar-refractivity contribution in [3.05, 3.63) is 76.7 Å². The van der Waals surface area contributed by atoms with Gasteiger partial charge < -0.3 is 10.1 Å². The number of rotatable bonds is 8. The summed E-state index contributed by atoms with van der Waals surface area (Å²) in [5.41, 5.74) is 0.211. The van der Waals surface area contributed by atoms with Crippen molar-refractivity contribution in [2.24, 2.45) is 0 Å². The van der Waals surface area contributed by atoms with E-state index in [0.29, 0.717) is 5.75 Å². The summed E-state index contributed by atoms with van der Waals surface area (Å²) in [5.74, 6) is -0.741. The lowest BCUT2D eigenvalue weighted by Gasteiger charge is -2.26. The van der Waals surface area contributed by atoms with Gasteiger partial charge in [0.05, 0.1) is 23.7 Å². The number of benzene rings is 2. The Morgan fingerprint density at radius 2 is 1.83 bits per heavy atom. The molecule has 0 aliphatic carbocycles. The van der Waals surface area contributed by atoms with Crippen molar-refractivity contribution in [3.8, 4) is 5.75 Å². The van der Waals surface area contributed by atoms with Crippen LogP contribution in [0.2, 0.25) is 0 Å². The Hall–Kier alpha value is -2.91. The number of ether oxygens (including phenoxy) is 1. The molecule has 1 unspecified atom stereocenters. The van der Waals surface area contributed by atoms with Crippen molar-refractivity contribution in [1.82, 2.24) is 5.32 Å². The minimum atomic E-state index is -4.16. The lowest BCUT2D eigenvalue weighted by molar-refractivity contribution is -0.120. The summed E-state index contributed by atoms with van der Waals surface area (Å²) in [6.45, 7) is 1.36. The van der Waals surface area contributed by atoms with Crippen LogP contribution < -0.4 is 14.4 Å². The number of carbonyl (C=O) groups is 1. The number of carbonyl (C=O) groups excluding carboxylic acids is 1. The molecule has 0 spiro atoms. The molecule has 0 saturated heterocycles. The summed E-state index contributed by atoms with van der Waals surface area (Å²) >= 11 is 1.50. The van der Waals surface area contributed by atoms with Gasteiger partial charge in [0.2, 0.25) is 5.91 Å². The van der Waals surface area contributed by atoms with Gasteiger partial charge in [0, 0.05) is 4.88 Å². The third-order valence-corrected chi connectivity index (χ3v) is 7.22. The van der Waals surface area contributed by atoms with Gasteiger partial charge in [-0.3, -0.25) is 9.10 Å². The molecule has 0 bridgehead atoms. The summed E-state index contributed by atoms with van der Waals surface area (Å²) in [7, 11) is -2.74. The number of hydrogen-bond donors (Lipinski definition) is 1. The van der Waals surface area contributed by atoms with Crippen LogP contribution in [0.15, 0.2) is 70.9 Å². The van der Waals surface area contributed by atoms with Gasteiger partial charge in [-0.15, -0.1) is 11.3 Å². The highest BCUT2D eigenvalue weighted by atomic mass is 32.2. The molecule has 9 heteroatoms. The predicted octanol–water partition coefficient (Wildman–Crippen LogP) is 3.97. The number of nitrogens with one attached hydrogen (secondary N) is 1. The molecular formula is C21H21FN2O4S2. The van der Waals surface area contributed by atoms with Gasteiger partial charge in [-0.25, -0.2) is 12.8 Å². The Kier molecular flexibility index (Phi) is 6.73. The van der Waals surface area contributed by atoms with Gasteiger partial charge in [0.15, 0.2) is 0 Å². The maximum Gasteiger partial charge on any atom is 0.264 e. The second kappa shape index (κ2) is 9.27. The minimum Gasteiger partial charge on any atom is -0.495 e. The monoisotopic (exact) mass is 448 g/mol. The molecule has 2 aromatic carbocycles. The minimum absolute atomic E-state index is 0.131. The molecule has 1 N–H and O–H groups in total. The standard InChI is InChI=1S/C21H21FN2O4S2/c1-15(20-8-5-13-29-20)23-21(25)14-24(18-6-3-4-7-19(18)28-2)30(26,27)17-11-9-16(22)10-12-17/h3-13,15H,14H2,1-2H3,(H,23,25). The summed E-state index contributed by atoms with van der Waals surface area (Å²) in [6.07, 6.45) is 0. The number of sulfonamides is 1. The Labute approximate surface area is 179 Å². The number of para-hydroxylation sites is 2. The highest BCUT2D eigenvalue weighted by Gasteiger charge is 2.29. The maximum absolute atomic E-state index is 13.3. The van der Waals surface area contributed by atoms with E-state index >= 15 is 0 Å². The zero-order valence-electron chi connectivity index (χ0n) is 16.4. The summed E-state index contributed by atoms with van der Waals surface area (Å²) in [6, 6.07) is 14.5. The lowest BCUT2D eigenvalue weighted by Crippen LogP contribution is -2.41. The van der Waals surface area contributed by atoms with Crippen molar-refractivity contribution >= 4 is 33.0 Å². The number of methoxy groups -OCH3 is 1. The van der Waals surface area contributed by atoms with Gasteiger partial charge in [0.1, 0.15) is 18.1 Å². The third-order valence-electron chi connectivity index (χ3n) is 4.39. The van der Waals surface area contributed by atoms with Crippen LogP contribution in [0.3, 0.4) is 0 Å². The normalized spacial score (nSPS) is 12.2. The molecule has 1 aromatic heterocycles. The van der Waals surface area contributed by atoms with Crippen molar-refractivity contribution in [3.63, 3.8) is 0 Å². The van der Waals surface area contributed by atoms with Crippen LogP contribution in [0.1, 0.15) is 17.8 Å². The van der Waals surface area contributed by atoms with E-state index in [0.717, 1.165) is 21.3 Å². The van der Waals surface area contributed by atoms with Gasteiger partial charge in [-0.05, 0) is 54.8 Å². The van der Waals surface area contributed by atoms with Crippen LogP contribution in [0, 0.1) is 5.82 Å². The molecule has 3 aromatic rings. The largest absolute Gasteiger partial charge is 0.495 e. The SMILES string of the molecule is COc1ccccc1N(CC(=O)NC(C)c1cccs1)S(=O)(=O)c1ccc(F)cc1. The predicted molar refractivity (Wildman–Crippen MR) is 115 cm³/mol. The summed E-state index contributed by atoms with van der Waals surface area (Å²) in [5, 5.41) is 4.72. The van der Waals surface area contributed by atoms with Crippen LogP contribution in [0.5, 0.6) is 5.75 Å². The molecule has 1 amide bonds. The summed E-state index contributed by atoms with van der Waals surface area (Å²) in [4.78, 5) is 13.6. The second-order valence-corrected chi connectivity index (χ2v) is 9.28. The maximum atomic E-state index is 13.3. The molecule has 158 valence electrons. The average molecular weight is 449 g/mol. The van der Waals surface area contributed by atoms with Gasteiger partial charge >= 0.3 is 0 Å². The fraction of sp³-hybridized carbons (Fsp3) is 0.190. The Bertz CT molecular complexity index is 1100. The molecular weight excluding hydrogens is 427 g/mol. The average Bonchev–Trinajstić information content (AvgIpc) is 3.27. The van der Waals surface area contributed by atoms with E-state index in [-0.39, 0.29) is 16.6 Å². The van der Waals surface area contributed by atoms with Gasteiger partial charge in [-0.1, -0.05) is 18.2 Å². The fourth-order valence-electron chi connectivity index (χ4n) is 2.90. The number of halogens is 1. The molecule has 3 rings (SSSR count). The zero-order chi connectivity index (χ0) is 21.7. The van der Waals surface area contributed by atoms with Crippen LogP contribution in [-0.2, 0) is 14.8 Å². The molecule has 0 aliphatic rings. The topological polar surface area (TPSA) is 75.7 Å². The number of anilines is 1. The van der Waals surface area contributed by atoms with Crippen molar-refractivity contribution < 1.29 is 22.3 Å². The molecule has 0 radical (unpaired) electrons. The van der Waals surface area contributed by atoms with Gasteiger partial charge in [0.25, 0.3) is 10.0 Å². The number of nitrogens with zero attached hydrogens (tertiary/aromatic N) is 1. The first-order valence-corrected chi connectivity index (χ1v) is 11.4. The first kappa shape index (κ1) is 21.8. The smallest absolute Gasteiger partial charge is 0.264 e. The third kappa shape index (κ3) is 4.80. The highest BCUT2D eigenvalue weighted by molar-refractivity contribution is 7.92. The molecule has 30 heavy (non-hydrogen) atoms. The van der Waals surface area contributed by atoms with E-state index < -0.39 is 28.3 Å². The van der Waals surface area contributed by atoms with E-state index in [2.05, 4.69) is 5.32 Å². The molecule has 0 saturated carbocycles. The van der Waals surface area contributed by atoms with Crippen LogP contribution >= 0.6 is 11.3 Å². The number of amides is 1. The Balaban J connectivity index is 1.95. The number of hydrogen-bond acceptors (Lipinski definition) is 5. The molecule has 6 nitrogen and oxygen atoms in total. The van der Waals surface area contributed by atoms with Gasteiger partial charge in [-0.2, -0.15) is 0 Å². The van der Waals surface area contributed by atoms with E-state index in [9.17, 15) is 17.6 Å². The Morgan fingerprint density at radius 3 is 2.47 bits per heavy atom. The highest BCUT2D eigenvalue weighted by Crippen LogP contribution is 2.32. The molecule has 1 atom stereocenters. The quantitative estimate of drug-likeness (QED) is 0.566. The summed E-state index contributed by atoms with van der Waals surface area (Å²) < 4.78 is 46.2. The number of thiophene rings is 1. The Morgan fingerprint density at radius 1 is 1.13 bits per heavy atom. The molecule has 0 aliphatic heterocycles. The van der Waals surface area contributed by atoms with E-state index in [1.165, 1.54) is 30.6 Å². The van der Waals surface area contributed by atoms with Crippen LogP contribution in [0.4, 0.5) is 10.1 Å². The first-order valence-electron chi connectivity index (χ1n) is 9.07. The van der Waals surface area contributed by atoms with Crippen LogP contribution in [-0.4, -0.2) is 28.0 Å². The molecule has 1 heterocycles. The van der Waals surface area contributed by atoms with E-state index in [1.54, 1.807) is 24.3 Å². The first-order chi connectivity index (χ1) is 14.3. The van der Waals surface area contributed by atoms with E-state index in [4.69, 9.17) is 4.74 Å². The fourth-order valence-corrected chi connectivity index (χ4v) is 5.06. The van der Waals surface area contributed by atoms with E-state index in [1.807, 2.05) is 24.4 Å². The van der Waals surface area contributed by atoms with Crippen molar-refractivity contribution in [2.75, 3.05) is 18.0 Å².